The SMILES string of the molecule is C=C1COC(CCC2CC(O)C([C@@H]3O[C@H]4CCC(CC(=O)CC5CCOC5)O[C@@H]4C(O)C3C)O2)C1. The third-order valence-electron chi connectivity index (χ3n) is 8.62. The molecule has 8 heteroatoms. The van der Waals surface area contributed by atoms with E-state index in [0.717, 1.165) is 50.7 Å². The molecule has 0 radical (unpaired) electrons. The zero-order valence-corrected chi connectivity index (χ0v) is 20.9. The number of hydrogen-bond donors (Lipinski definition) is 2. The lowest BCUT2D eigenvalue weighted by molar-refractivity contribution is -0.267. The van der Waals surface area contributed by atoms with Gasteiger partial charge in [-0.25, -0.2) is 0 Å². The van der Waals surface area contributed by atoms with Crippen LogP contribution in [0, 0.1) is 11.8 Å². The quantitative estimate of drug-likeness (QED) is 0.496. The van der Waals surface area contributed by atoms with Crippen LogP contribution in [-0.4, -0.2) is 90.8 Å². The Bertz CT molecular complexity index is 749. The van der Waals surface area contributed by atoms with Crippen molar-refractivity contribution in [3.8, 4) is 0 Å². The predicted molar refractivity (Wildman–Crippen MR) is 127 cm³/mol. The number of carbonyl (C=O) groups excluding carboxylic acids is 1. The second-order valence-corrected chi connectivity index (χ2v) is 11.5. The van der Waals surface area contributed by atoms with Gasteiger partial charge >= 0.3 is 0 Å². The highest BCUT2D eigenvalue weighted by atomic mass is 16.6. The van der Waals surface area contributed by atoms with Crippen molar-refractivity contribution in [2.24, 2.45) is 11.8 Å². The lowest BCUT2D eigenvalue weighted by Gasteiger charge is -2.49. The molecule has 0 aromatic carbocycles. The molecule has 8 unspecified atom stereocenters. The number of ketones is 1. The van der Waals surface area contributed by atoms with E-state index in [0.29, 0.717) is 38.4 Å². The van der Waals surface area contributed by atoms with Crippen molar-refractivity contribution in [3.05, 3.63) is 12.2 Å². The van der Waals surface area contributed by atoms with Gasteiger partial charge in [-0.05, 0) is 50.0 Å². The van der Waals surface area contributed by atoms with Gasteiger partial charge in [0.2, 0.25) is 0 Å². The first-order chi connectivity index (χ1) is 16.9. The second kappa shape index (κ2) is 11.3. The number of rotatable bonds is 8. The summed E-state index contributed by atoms with van der Waals surface area (Å²) in [5.74, 6) is 0.290. The molecule has 2 N–H and O–H groups in total. The molecule has 0 spiro atoms. The van der Waals surface area contributed by atoms with Crippen molar-refractivity contribution < 1.29 is 38.7 Å². The lowest BCUT2D eigenvalue weighted by atomic mass is 9.81. The van der Waals surface area contributed by atoms with Crippen molar-refractivity contribution in [2.45, 2.75) is 120 Å². The molecule has 198 valence electrons. The molecule has 0 aliphatic carbocycles. The fraction of sp³-hybridized carbons (Fsp3) is 0.889. The van der Waals surface area contributed by atoms with E-state index < -0.39 is 30.5 Å². The molecular weight excluding hydrogens is 452 g/mol. The molecule has 35 heavy (non-hydrogen) atoms. The van der Waals surface area contributed by atoms with E-state index in [1.54, 1.807) is 0 Å². The van der Waals surface area contributed by atoms with Crippen LogP contribution in [0.4, 0.5) is 0 Å². The van der Waals surface area contributed by atoms with Gasteiger partial charge in [-0.1, -0.05) is 13.5 Å². The Kier molecular flexibility index (Phi) is 8.28. The average Bonchev–Trinajstić information content (AvgIpc) is 3.57. The number of aliphatic hydroxyl groups excluding tert-OH is 2. The molecule has 8 nitrogen and oxygen atoms in total. The fourth-order valence-corrected chi connectivity index (χ4v) is 6.57. The molecule has 0 aromatic rings. The van der Waals surface area contributed by atoms with Crippen molar-refractivity contribution in [3.63, 3.8) is 0 Å². The Balaban J connectivity index is 1.11. The highest BCUT2D eigenvalue weighted by molar-refractivity contribution is 5.79. The third kappa shape index (κ3) is 6.00. The van der Waals surface area contributed by atoms with Crippen LogP contribution in [0.1, 0.15) is 64.7 Å². The molecule has 0 aromatic heterocycles. The van der Waals surface area contributed by atoms with Gasteiger partial charge in [0.1, 0.15) is 18.0 Å². The first-order valence-electron chi connectivity index (χ1n) is 13.6. The van der Waals surface area contributed by atoms with Crippen LogP contribution < -0.4 is 0 Å². The Labute approximate surface area is 208 Å². The molecule has 0 amide bonds. The summed E-state index contributed by atoms with van der Waals surface area (Å²) in [6.07, 6.45) is 3.59. The maximum absolute atomic E-state index is 12.5. The van der Waals surface area contributed by atoms with Crippen molar-refractivity contribution in [1.82, 2.24) is 0 Å². The lowest BCUT2D eigenvalue weighted by Crippen LogP contribution is -2.61. The summed E-state index contributed by atoms with van der Waals surface area (Å²) in [6.45, 7) is 7.99. The molecule has 0 saturated carbocycles. The minimum absolute atomic E-state index is 0.0404. The molecular formula is C27H42O8. The zero-order valence-electron chi connectivity index (χ0n) is 20.9. The minimum Gasteiger partial charge on any atom is -0.390 e. The van der Waals surface area contributed by atoms with Gasteiger partial charge in [-0.2, -0.15) is 0 Å². The molecule has 5 rings (SSSR count). The average molecular weight is 495 g/mol. The molecule has 5 aliphatic rings. The van der Waals surface area contributed by atoms with Gasteiger partial charge in [0.05, 0.1) is 49.3 Å². The summed E-state index contributed by atoms with van der Waals surface area (Å²) in [5.41, 5.74) is 1.14. The largest absolute Gasteiger partial charge is 0.390 e. The number of aliphatic hydroxyl groups is 2. The molecule has 5 fully saturated rings. The van der Waals surface area contributed by atoms with Crippen LogP contribution in [-0.2, 0) is 28.5 Å². The highest BCUT2D eigenvalue weighted by Gasteiger charge is 2.52. The summed E-state index contributed by atoms with van der Waals surface area (Å²) >= 11 is 0. The van der Waals surface area contributed by atoms with Crippen LogP contribution in [0.2, 0.25) is 0 Å². The van der Waals surface area contributed by atoms with Gasteiger partial charge in [-0.3, -0.25) is 4.79 Å². The smallest absolute Gasteiger partial charge is 0.135 e. The van der Waals surface area contributed by atoms with Crippen LogP contribution in [0.5, 0.6) is 0 Å². The van der Waals surface area contributed by atoms with Crippen molar-refractivity contribution in [2.75, 3.05) is 19.8 Å². The number of ether oxygens (including phenoxy) is 5. The van der Waals surface area contributed by atoms with Gasteiger partial charge in [-0.15, -0.1) is 0 Å². The summed E-state index contributed by atoms with van der Waals surface area (Å²) in [7, 11) is 0. The number of Topliss-reactive ketones (excluding diaryl/α,β-unsaturated/α-hetero) is 1. The maximum Gasteiger partial charge on any atom is 0.135 e. The normalized spacial score (nSPS) is 46.1. The third-order valence-corrected chi connectivity index (χ3v) is 8.62. The molecule has 5 saturated heterocycles. The van der Waals surface area contributed by atoms with Crippen LogP contribution >= 0.6 is 0 Å². The molecule has 5 heterocycles. The van der Waals surface area contributed by atoms with Gasteiger partial charge < -0.3 is 33.9 Å². The number of hydrogen-bond acceptors (Lipinski definition) is 8. The summed E-state index contributed by atoms with van der Waals surface area (Å²) in [5, 5.41) is 21.9. The van der Waals surface area contributed by atoms with E-state index in [4.69, 9.17) is 23.7 Å². The molecule has 0 bridgehead atoms. The Morgan fingerprint density at radius 1 is 0.971 bits per heavy atom. The number of carbonyl (C=O) groups is 1. The standard InChI is InChI=1S/C27H42O8/c1-15-9-19(32-13-15)3-4-21-12-22(29)26(33-21)25-16(2)24(30)27-23(35-25)6-5-20(34-27)11-18(28)10-17-7-8-31-14-17/h16-17,19-27,29-30H,1,3-14H2,2H3/t16?,17?,19?,20?,21?,22?,23-,24?,25+,26?,27-/m0/s1. The Morgan fingerprint density at radius 3 is 2.51 bits per heavy atom. The first-order valence-corrected chi connectivity index (χ1v) is 13.6. The van der Waals surface area contributed by atoms with E-state index in [1.165, 1.54) is 0 Å². The maximum atomic E-state index is 12.5. The summed E-state index contributed by atoms with van der Waals surface area (Å²) in [4.78, 5) is 12.5. The summed E-state index contributed by atoms with van der Waals surface area (Å²) in [6, 6.07) is 0. The topological polar surface area (TPSA) is 104 Å². The monoisotopic (exact) mass is 494 g/mol. The van der Waals surface area contributed by atoms with Gasteiger partial charge in [0.15, 0.2) is 0 Å². The summed E-state index contributed by atoms with van der Waals surface area (Å²) < 4.78 is 30.0. The van der Waals surface area contributed by atoms with Crippen LogP contribution in [0.15, 0.2) is 12.2 Å². The van der Waals surface area contributed by atoms with Gasteiger partial charge in [0, 0.05) is 38.4 Å². The first kappa shape index (κ1) is 25.8. The Hall–Kier alpha value is -0.870. The minimum atomic E-state index is -0.729. The molecule has 11 atom stereocenters. The van der Waals surface area contributed by atoms with E-state index in [2.05, 4.69) is 6.58 Å². The predicted octanol–water partition coefficient (Wildman–Crippen LogP) is 2.33. The van der Waals surface area contributed by atoms with E-state index in [9.17, 15) is 15.0 Å². The fourth-order valence-electron chi connectivity index (χ4n) is 6.57. The van der Waals surface area contributed by atoms with Crippen molar-refractivity contribution in [1.29, 1.82) is 0 Å². The van der Waals surface area contributed by atoms with Crippen LogP contribution in [0.3, 0.4) is 0 Å². The van der Waals surface area contributed by atoms with Crippen molar-refractivity contribution >= 4 is 5.78 Å². The second-order valence-electron chi connectivity index (χ2n) is 11.5. The Morgan fingerprint density at radius 2 is 1.77 bits per heavy atom. The highest BCUT2D eigenvalue weighted by Crippen LogP contribution is 2.40. The van der Waals surface area contributed by atoms with Gasteiger partial charge in [0.25, 0.3) is 0 Å². The zero-order chi connectivity index (χ0) is 24.5. The van der Waals surface area contributed by atoms with E-state index in [1.807, 2.05) is 6.92 Å². The van der Waals surface area contributed by atoms with Crippen LogP contribution in [0.25, 0.3) is 0 Å². The number of fused-ring (bicyclic) bond motifs is 1. The van der Waals surface area contributed by atoms with E-state index >= 15 is 0 Å². The van der Waals surface area contributed by atoms with E-state index in [-0.39, 0.29) is 36.1 Å². The molecule has 5 aliphatic heterocycles.